The molecule has 1 fully saturated rings. The Labute approximate surface area is 113 Å². The van der Waals surface area contributed by atoms with Crippen molar-refractivity contribution in [2.75, 3.05) is 0 Å². The van der Waals surface area contributed by atoms with Crippen LogP contribution in [0.15, 0.2) is 12.1 Å². The summed E-state index contributed by atoms with van der Waals surface area (Å²) in [6, 6.07) is 1.04. The van der Waals surface area contributed by atoms with Crippen molar-refractivity contribution in [3.8, 4) is 0 Å². The number of carbonyl (C=O) groups is 1. The lowest BCUT2D eigenvalue weighted by atomic mass is 10.1. The van der Waals surface area contributed by atoms with Crippen molar-refractivity contribution in [1.29, 1.82) is 0 Å². The van der Waals surface area contributed by atoms with E-state index >= 15 is 0 Å². The van der Waals surface area contributed by atoms with Gasteiger partial charge in [-0.05, 0) is 18.9 Å². The van der Waals surface area contributed by atoms with E-state index < -0.39 is 28.7 Å². The van der Waals surface area contributed by atoms with E-state index in [-0.39, 0.29) is 11.6 Å². The molecule has 0 radical (unpaired) electrons. The Kier molecular flexibility index (Phi) is 4.34. The fraction of sp³-hybridized carbons (Fsp3) is 0.462. The van der Waals surface area contributed by atoms with Gasteiger partial charge in [0.2, 0.25) is 5.91 Å². The Hall–Kier alpha value is -1.23. The zero-order valence-corrected chi connectivity index (χ0v) is 10.8. The van der Waals surface area contributed by atoms with Gasteiger partial charge in [0, 0.05) is 17.7 Å². The molecule has 1 unspecified atom stereocenters. The summed E-state index contributed by atoms with van der Waals surface area (Å²) in [5.41, 5.74) is -0.351. The highest BCUT2D eigenvalue weighted by atomic mass is 35.5. The molecule has 0 saturated heterocycles. The predicted octanol–water partition coefficient (Wildman–Crippen LogP) is 3.44. The minimum atomic E-state index is -1.37. The zero-order valence-electron chi connectivity index (χ0n) is 10.1. The average Bonchev–Trinajstić information content (AvgIpc) is 2.85. The largest absolute Gasteiger partial charge is 0.352 e. The van der Waals surface area contributed by atoms with Gasteiger partial charge in [-0.15, -0.1) is 11.6 Å². The molecule has 1 N–H and O–H groups in total. The SMILES string of the molecule is O=C(NC1CCCC1)C(Cl)c1cc(F)c(F)cc1F. The van der Waals surface area contributed by atoms with Crippen molar-refractivity contribution in [1.82, 2.24) is 5.32 Å². The normalized spacial score (nSPS) is 17.5. The molecule has 104 valence electrons. The first-order valence-corrected chi connectivity index (χ1v) is 6.51. The maximum absolute atomic E-state index is 13.5. The molecule has 1 aliphatic carbocycles. The molecule has 2 nitrogen and oxygen atoms in total. The molecule has 0 spiro atoms. The number of hydrogen-bond acceptors (Lipinski definition) is 1. The van der Waals surface area contributed by atoms with Gasteiger partial charge in [-0.3, -0.25) is 4.79 Å². The van der Waals surface area contributed by atoms with Crippen molar-refractivity contribution >= 4 is 17.5 Å². The number of carbonyl (C=O) groups excluding carboxylic acids is 1. The van der Waals surface area contributed by atoms with Crippen LogP contribution in [-0.2, 0) is 4.79 Å². The number of alkyl halides is 1. The first-order valence-electron chi connectivity index (χ1n) is 6.08. The van der Waals surface area contributed by atoms with Gasteiger partial charge in [0.05, 0.1) is 0 Å². The number of nitrogens with one attached hydrogen (secondary N) is 1. The monoisotopic (exact) mass is 291 g/mol. The van der Waals surface area contributed by atoms with Gasteiger partial charge in [0.25, 0.3) is 0 Å². The second-order valence-electron chi connectivity index (χ2n) is 4.64. The van der Waals surface area contributed by atoms with Crippen LogP contribution in [0.25, 0.3) is 0 Å². The summed E-state index contributed by atoms with van der Waals surface area (Å²) < 4.78 is 39.3. The molecule has 1 aliphatic rings. The fourth-order valence-corrected chi connectivity index (χ4v) is 2.45. The van der Waals surface area contributed by atoms with Crippen molar-refractivity contribution in [2.45, 2.75) is 37.1 Å². The van der Waals surface area contributed by atoms with Crippen LogP contribution < -0.4 is 5.32 Å². The van der Waals surface area contributed by atoms with Gasteiger partial charge in [-0.25, -0.2) is 13.2 Å². The number of rotatable bonds is 3. The summed E-state index contributed by atoms with van der Waals surface area (Å²) in [4.78, 5) is 11.8. The van der Waals surface area contributed by atoms with Crippen molar-refractivity contribution < 1.29 is 18.0 Å². The van der Waals surface area contributed by atoms with Gasteiger partial charge >= 0.3 is 0 Å². The van der Waals surface area contributed by atoms with Gasteiger partial charge in [0.15, 0.2) is 11.6 Å². The van der Waals surface area contributed by atoms with Gasteiger partial charge in [0.1, 0.15) is 11.2 Å². The number of amides is 1. The Balaban J connectivity index is 2.11. The van der Waals surface area contributed by atoms with Crippen molar-refractivity contribution in [3.05, 3.63) is 35.1 Å². The summed E-state index contributed by atoms with van der Waals surface area (Å²) in [7, 11) is 0. The van der Waals surface area contributed by atoms with Crippen LogP contribution in [0.5, 0.6) is 0 Å². The van der Waals surface area contributed by atoms with Crippen LogP contribution in [0.4, 0.5) is 13.2 Å². The predicted molar refractivity (Wildman–Crippen MR) is 65.3 cm³/mol. The lowest BCUT2D eigenvalue weighted by Crippen LogP contribution is -2.35. The third kappa shape index (κ3) is 3.21. The molecule has 2 rings (SSSR count). The van der Waals surface area contributed by atoms with Crippen molar-refractivity contribution in [3.63, 3.8) is 0 Å². The number of benzene rings is 1. The third-order valence-corrected chi connectivity index (χ3v) is 3.68. The van der Waals surface area contributed by atoms with Crippen LogP contribution in [0.3, 0.4) is 0 Å². The first kappa shape index (κ1) is 14.2. The average molecular weight is 292 g/mol. The van der Waals surface area contributed by atoms with E-state index in [1.807, 2.05) is 0 Å². The zero-order chi connectivity index (χ0) is 14.0. The summed E-state index contributed by atoms with van der Waals surface area (Å²) in [6.07, 6.45) is 3.76. The summed E-state index contributed by atoms with van der Waals surface area (Å²) in [5.74, 6) is -4.14. The smallest absolute Gasteiger partial charge is 0.242 e. The summed E-state index contributed by atoms with van der Waals surface area (Å²) >= 11 is 5.82. The van der Waals surface area contributed by atoms with E-state index in [2.05, 4.69) is 5.32 Å². The summed E-state index contributed by atoms with van der Waals surface area (Å²) in [6.45, 7) is 0. The minimum Gasteiger partial charge on any atom is -0.352 e. The standard InChI is InChI=1S/C13H13ClF3NO/c14-12(13(19)18-7-3-1-2-4-7)8-5-10(16)11(17)6-9(8)15/h5-7,12H,1-4H2,(H,18,19). The van der Waals surface area contributed by atoms with E-state index in [1.54, 1.807) is 0 Å². The molecular formula is C13H13ClF3NO. The van der Waals surface area contributed by atoms with Crippen LogP contribution in [0.1, 0.15) is 36.6 Å². The maximum atomic E-state index is 13.5. The van der Waals surface area contributed by atoms with Gasteiger partial charge < -0.3 is 5.32 Å². The lowest BCUT2D eigenvalue weighted by Gasteiger charge is -2.16. The molecule has 0 heterocycles. The minimum absolute atomic E-state index is 0.0297. The maximum Gasteiger partial charge on any atom is 0.242 e. The second kappa shape index (κ2) is 5.82. The Bertz CT molecular complexity index is 489. The van der Waals surface area contributed by atoms with E-state index in [1.165, 1.54) is 0 Å². The number of halogens is 4. The molecule has 6 heteroatoms. The Morgan fingerprint density at radius 3 is 2.37 bits per heavy atom. The molecule has 0 aliphatic heterocycles. The van der Waals surface area contributed by atoms with E-state index in [0.29, 0.717) is 12.1 Å². The third-order valence-electron chi connectivity index (χ3n) is 3.24. The number of hydrogen-bond donors (Lipinski definition) is 1. The van der Waals surface area contributed by atoms with Gasteiger partial charge in [-0.2, -0.15) is 0 Å². The molecule has 1 aromatic rings. The quantitative estimate of drug-likeness (QED) is 0.671. The first-order chi connectivity index (χ1) is 8.99. The molecule has 0 bridgehead atoms. The second-order valence-corrected chi connectivity index (χ2v) is 5.08. The van der Waals surface area contributed by atoms with E-state index in [0.717, 1.165) is 25.7 Å². The van der Waals surface area contributed by atoms with Crippen LogP contribution in [-0.4, -0.2) is 11.9 Å². The molecule has 1 aromatic carbocycles. The highest BCUT2D eigenvalue weighted by molar-refractivity contribution is 6.30. The molecule has 1 amide bonds. The molecule has 1 atom stereocenters. The van der Waals surface area contributed by atoms with Crippen LogP contribution in [0, 0.1) is 17.5 Å². The topological polar surface area (TPSA) is 29.1 Å². The summed E-state index contributed by atoms with van der Waals surface area (Å²) in [5, 5.41) is 1.32. The molecule has 1 saturated carbocycles. The highest BCUT2D eigenvalue weighted by Gasteiger charge is 2.26. The Morgan fingerprint density at radius 1 is 1.16 bits per heavy atom. The van der Waals surface area contributed by atoms with Gasteiger partial charge in [-0.1, -0.05) is 12.8 Å². The van der Waals surface area contributed by atoms with Crippen LogP contribution in [0.2, 0.25) is 0 Å². The Morgan fingerprint density at radius 2 is 1.74 bits per heavy atom. The fourth-order valence-electron chi connectivity index (χ4n) is 2.22. The van der Waals surface area contributed by atoms with E-state index in [4.69, 9.17) is 11.6 Å². The van der Waals surface area contributed by atoms with Crippen molar-refractivity contribution in [2.24, 2.45) is 0 Å². The highest BCUT2D eigenvalue weighted by Crippen LogP contribution is 2.27. The van der Waals surface area contributed by atoms with Crippen LogP contribution >= 0.6 is 11.6 Å². The molecule has 0 aromatic heterocycles. The molecular weight excluding hydrogens is 279 g/mol. The van der Waals surface area contributed by atoms with E-state index in [9.17, 15) is 18.0 Å². The molecule has 19 heavy (non-hydrogen) atoms. The lowest BCUT2D eigenvalue weighted by molar-refractivity contribution is -0.121.